The van der Waals surface area contributed by atoms with Crippen LogP contribution in [-0.2, 0) is 16.0 Å². The van der Waals surface area contributed by atoms with Crippen molar-refractivity contribution in [2.75, 3.05) is 7.11 Å². The van der Waals surface area contributed by atoms with Crippen molar-refractivity contribution >= 4 is 5.97 Å². The minimum atomic E-state index is -0.317. The lowest BCUT2D eigenvalue weighted by Crippen LogP contribution is -2.45. The van der Waals surface area contributed by atoms with E-state index < -0.39 is 0 Å². The monoisotopic (exact) mass is 292 g/mol. The lowest BCUT2D eigenvalue weighted by molar-refractivity contribution is -0.144. The van der Waals surface area contributed by atoms with Gasteiger partial charge in [-0.15, -0.1) is 0 Å². The van der Waals surface area contributed by atoms with Gasteiger partial charge in [-0.25, -0.2) is 0 Å². The van der Waals surface area contributed by atoms with Crippen LogP contribution in [0.5, 0.6) is 0 Å². The van der Waals surface area contributed by atoms with E-state index in [9.17, 15) is 9.59 Å². The summed E-state index contributed by atoms with van der Waals surface area (Å²) in [5.74, 6) is -0.0218. The number of esters is 1. The lowest BCUT2D eigenvalue weighted by Gasteiger charge is -2.31. The number of H-pyrrole nitrogens is 1. The molecule has 21 heavy (non-hydrogen) atoms. The van der Waals surface area contributed by atoms with Gasteiger partial charge < -0.3 is 9.72 Å². The molecule has 116 valence electrons. The Morgan fingerprint density at radius 3 is 2.95 bits per heavy atom. The molecule has 1 aliphatic carbocycles. The Bertz CT molecular complexity index is 553. The Kier molecular flexibility index (Phi) is 5.17. The van der Waals surface area contributed by atoms with Gasteiger partial charge in [0.25, 0.3) is 0 Å². The van der Waals surface area contributed by atoms with E-state index in [2.05, 4.69) is 17.2 Å². The van der Waals surface area contributed by atoms with Crippen molar-refractivity contribution in [3.63, 3.8) is 0 Å². The summed E-state index contributed by atoms with van der Waals surface area (Å²) in [6, 6.07) is 3.19. The molecule has 0 amide bonds. The number of carbonyl (C=O) groups excluding carboxylic acids is 1. The van der Waals surface area contributed by atoms with E-state index in [1.165, 1.54) is 7.11 Å². The third-order valence-corrected chi connectivity index (χ3v) is 4.38. The highest BCUT2D eigenvalue weighted by Gasteiger charge is 2.30. The molecule has 3 unspecified atom stereocenters. The Morgan fingerprint density at radius 2 is 2.29 bits per heavy atom. The van der Waals surface area contributed by atoms with Gasteiger partial charge in [-0.2, -0.15) is 0 Å². The van der Waals surface area contributed by atoms with E-state index >= 15 is 0 Å². The largest absolute Gasteiger partial charge is 0.468 e. The maximum absolute atomic E-state index is 12.0. The molecule has 0 saturated carbocycles. The standard InChI is InChI=1S/C16H24N2O3/c1-4-10(2)15(16(20)21-3)18-13-7-5-6-12-11(13)8-9-14(19)17-12/h8-10,13,15,18H,4-7H2,1-3H3,(H,17,19). The molecule has 1 aromatic rings. The van der Waals surface area contributed by atoms with Crippen molar-refractivity contribution in [3.8, 4) is 0 Å². The first kappa shape index (κ1) is 15.8. The van der Waals surface area contributed by atoms with Crippen LogP contribution in [-0.4, -0.2) is 24.1 Å². The molecule has 1 heterocycles. The number of hydrogen-bond acceptors (Lipinski definition) is 4. The molecule has 0 radical (unpaired) electrons. The van der Waals surface area contributed by atoms with Crippen molar-refractivity contribution in [1.29, 1.82) is 0 Å². The molecule has 0 fully saturated rings. The van der Waals surface area contributed by atoms with Crippen LogP contribution in [0.2, 0.25) is 0 Å². The molecule has 3 atom stereocenters. The summed E-state index contributed by atoms with van der Waals surface area (Å²) >= 11 is 0. The molecular formula is C16H24N2O3. The van der Waals surface area contributed by atoms with Crippen LogP contribution in [0.4, 0.5) is 0 Å². The van der Waals surface area contributed by atoms with Gasteiger partial charge >= 0.3 is 5.97 Å². The molecule has 2 N–H and O–H groups in total. The zero-order valence-electron chi connectivity index (χ0n) is 12.9. The normalized spacial score (nSPS) is 20.4. The fourth-order valence-corrected chi connectivity index (χ4v) is 2.92. The summed E-state index contributed by atoms with van der Waals surface area (Å²) in [6.07, 6.45) is 3.75. The topological polar surface area (TPSA) is 71.2 Å². The second kappa shape index (κ2) is 6.89. The second-order valence-corrected chi connectivity index (χ2v) is 5.75. The van der Waals surface area contributed by atoms with Crippen LogP contribution < -0.4 is 10.9 Å². The van der Waals surface area contributed by atoms with Gasteiger partial charge in [0.2, 0.25) is 5.56 Å². The van der Waals surface area contributed by atoms with E-state index in [0.29, 0.717) is 0 Å². The SMILES string of the molecule is CCC(C)C(NC1CCCc2[nH]c(=O)ccc21)C(=O)OC. The van der Waals surface area contributed by atoms with Crippen molar-refractivity contribution in [2.45, 2.75) is 51.6 Å². The van der Waals surface area contributed by atoms with Crippen molar-refractivity contribution < 1.29 is 9.53 Å². The van der Waals surface area contributed by atoms with Crippen molar-refractivity contribution in [1.82, 2.24) is 10.3 Å². The maximum atomic E-state index is 12.0. The molecular weight excluding hydrogens is 268 g/mol. The highest BCUT2D eigenvalue weighted by atomic mass is 16.5. The second-order valence-electron chi connectivity index (χ2n) is 5.75. The number of methoxy groups -OCH3 is 1. The van der Waals surface area contributed by atoms with Gasteiger partial charge in [-0.1, -0.05) is 26.3 Å². The Hall–Kier alpha value is -1.62. The van der Waals surface area contributed by atoms with Crippen LogP contribution in [0.3, 0.4) is 0 Å². The number of aryl methyl sites for hydroxylation is 1. The van der Waals surface area contributed by atoms with Gasteiger partial charge in [0, 0.05) is 17.8 Å². The van der Waals surface area contributed by atoms with Gasteiger partial charge in [-0.05, 0) is 30.7 Å². The van der Waals surface area contributed by atoms with Gasteiger partial charge in [-0.3, -0.25) is 14.9 Å². The molecule has 0 saturated heterocycles. The van der Waals surface area contributed by atoms with Crippen LogP contribution >= 0.6 is 0 Å². The molecule has 0 bridgehead atoms. The summed E-state index contributed by atoms with van der Waals surface area (Å²) in [5, 5.41) is 3.44. The summed E-state index contributed by atoms with van der Waals surface area (Å²) in [4.78, 5) is 26.3. The van der Waals surface area contributed by atoms with Crippen molar-refractivity contribution in [2.24, 2.45) is 5.92 Å². The first-order valence-corrected chi connectivity index (χ1v) is 7.62. The molecule has 5 heteroatoms. The van der Waals surface area contributed by atoms with Crippen molar-refractivity contribution in [3.05, 3.63) is 33.7 Å². The summed E-state index contributed by atoms with van der Waals surface area (Å²) in [7, 11) is 1.42. The van der Waals surface area contributed by atoms with E-state index in [1.807, 2.05) is 13.0 Å². The van der Waals surface area contributed by atoms with Crippen LogP contribution in [0.25, 0.3) is 0 Å². The highest BCUT2D eigenvalue weighted by molar-refractivity contribution is 5.76. The van der Waals surface area contributed by atoms with Gasteiger partial charge in [0.1, 0.15) is 6.04 Å². The molecule has 2 rings (SSSR count). The fraction of sp³-hybridized carbons (Fsp3) is 0.625. The average Bonchev–Trinajstić information content (AvgIpc) is 2.50. The van der Waals surface area contributed by atoms with Gasteiger partial charge in [0.05, 0.1) is 7.11 Å². The van der Waals surface area contributed by atoms with E-state index in [-0.39, 0.29) is 29.5 Å². The molecule has 0 spiro atoms. The predicted molar refractivity (Wildman–Crippen MR) is 81.1 cm³/mol. The average molecular weight is 292 g/mol. The molecule has 0 aromatic carbocycles. The number of ether oxygens (including phenoxy) is 1. The summed E-state index contributed by atoms with van der Waals surface area (Å²) < 4.78 is 4.92. The molecule has 0 aliphatic heterocycles. The molecule has 5 nitrogen and oxygen atoms in total. The zero-order valence-corrected chi connectivity index (χ0v) is 12.9. The van der Waals surface area contributed by atoms with Gasteiger partial charge in [0.15, 0.2) is 0 Å². The first-order valence-electron chi connectivity index (χ1n) is 7.62. The number of hydrogen-bond donors (Lipinski definition) is 2. The predicted octanol–water partition coefficient (Wildman–Crippen LogP) is 1.93. The van der Waals surface area contributed by atoms with Crippen LogP contribution in [0.15, 0.2) is 16.9 Å². The minimum absolute atomic E-state index is 0.0687. The zero-order chi connectivity index (χ0) is 15.4. The third kappa shape index (κ3) is 3.53. The number of aromatic nitrogens is 1. The lowest BCUT2D eigenvalue weighted by atomic mass is 9.89. The van der Waals surface area contributed by atoms with E-state index in [1.54, 1.807) is 6.07 Å². The molecule has 1 aliphatic rings. The quantitative estimate of drug-likeness (QED) is 0.814. The number of nitrogens with one attached hydrogen (secondary N) is 2. The summed E-state index contributed by atoms with van der Waals surface area (Å²) in [6.45, 7) is 4.11. The number of pyridine rings is 1. The Labute approximate surface area is 125 Å². The summed E-state index contributed by atoms with van der Waals surface area (Å²) in [5.41, 5.74) is 2.01. The van der Waals surface area contributed by atoms with Crippen LogP contribution in [0.1, 0.15) is 50.4 Å². The van der Waals surface area contributed by atoms with Crippen LogP contribution in [0, 0.1) is 5.92 Å². The smallest absolute Gasteiger partial charge is 0.323 e. The number of carbonyl (C=O) groups is 1. The highest BCUT2D eigenvalue weighted by Crippen LogP contribution is 2.29. The number of fused-ring (bicyclic) bond motifs is 1. The van der Waals surface area contributed by atoms with E-state index in [0.717, 1.165) is 36.9 Å². The first-order chi connectivity index (χ1) is 10.1. The Morgan fingerprint density at radius 1 is 1.52 bits per heavy atom. The molecule has 1 aromatic heterocycles. The third-order valence-electron chi connectivity index (χ3n) is 4.38. The number of aromatic amines is 1. The van der Waals surface area contributed by atoms with E-state index in [4.69, 9.17) is 4.74 Å². The minimum Gasteiger partial charge on any atom is -0.468 e. The Balaban J connectivity index is 2.23. The fourth-order valence-electron chi connectivity index (χ4n) is 2.92. The maximum Gasteiger partial charge on any atom is 0.323 e. The number of rotatable bonds is 5.